The van der Waals surface area contributed by atoms with Gasteiger partial charge in [0.05, 0.1) is 6.54 Å². The van der Waals surface area contributed by atoms with Crippen molar-refractivity contribution in [3.8, 4) is 0 Å². The Balaban J connectivity index is 2.11. The Labute approximate surface area is 107 Å². The number of aromatic nitrogens is 2. The summed E-state index contributed by atoms with van der Waals surface area (Å²) in [6.07, 6.45) is 1.75. The fraction of sp³-hybridized carbons (Fsp3) is 0.286. The van der Waals surface area contributed by atoms with E-state index < -0.39 is 0 Å². The van der Waals surface area contributed by atoms with Crippen molar-refractivity contribution in [3.05, 3.63) is 53.5 Å². The summed E-state index contributed by atoms with van der Waals surface area (Å²) in [6, 6.07) is 10.4. The van der Waals surface area contributed by atoms with Crippen LogP contribution < -0.4 is 10.6 Å². The van der Waals surface area contributed by atoms with E-state index in [1.165, 1.54) is 11.1 Å². The quantitative estimate of drug-likeness (QED) is 0.889. The second-order valence-corrected chi connectivity index (χ2v) is 4.38. The summed E-state index contributed by atoms with van der Waals surface area (Å²) in [6.45, 7) is 3.28. The maximum absolute atomic E-state index is 5.54. The zero-order valence-electron chi connectivity index (χ0n) is 10.8. The highest BCUT2D eigenvalue weighted by molar-refractivity contribution is 5.38. The summed E-state index contributed by atoms with van der Waals surface area (Å²) in [5.74, 6) is 1.56. The minimum atomic E-state index is 0.367. The molecule has 0 aliphatic heterocycles. The van der Waals surface area contributed by atoms with E-state index in [-0.39, 0.29) is 0 Å². The van der Waals surface area contributed by atoms with Crippen LogP contribution in [-0.4, -0.2) is 17.0 Å². The lowest BCUT2D eigenvalue weighted by molar-refractivity contribution is 0.848. The number of anilines is 1. The Morgan fingerprint density at radius 3 is 2.56 bits per heavy atom. The molecule has 0 saturated carbocycles. The zero-order chi connectivity index (χ0) is 13.0. The minimum Gasteiger partial charge on any atom is -0.355 e. The molecule has 1 heterocycles. The molecule has 94 valence electrons. The molecule has 2 N–H and O–H groups in total. The molecule has 0 unspecified atom stereocenters. The van der Waals surface area contributed by atoms with Crippen LogP contribution in [0.5, 0.6) is 0 Å². The minimum absolute atomic E-state index is 0.367. The summed E-state index contributed by atoms with van der Waals surface area (Å²) in [5.41, 5.74) is 8.08. The first-order chi connectivity index (χ1) is 8.69. The Bertz CT molecular complexity index is 507. The van der Waals surface area contributed by atoms with E-state index >= 15 is 0 Å². The third kappa shape index (κ3) is 3.05. The van der Waals surface area contributed by atoms with Crippen molar-refractivity contribution in [2.75, 3.05) is 11.9 Å². The van der Waals surface area contributed by atoms with E-state index in [2.05, 4.69) is 46.1 Å². The summed E-state index contributed by atoms with van der Waals surface area (Å²) < 4.78 is 0. The second-order valence-electron chi connectivity index (χ2n) is 4.38. The molecule has 1 aromatic heterocycles. The van der Waals surface area contributed by atoms with Crippen LogP contribution in [-0.2, 0) is 13.1 Å². The average molecular weight is 242 g/mol. The van der Waals surface area contributed by atoms with E-state index in [0.29, 0.717) is 12.4 Å². The maximum atomic E-state index is 5.54. The number of benzene rings is 1. The van der Waals surface area contributed by atoms with Gasteiger partial charge in [-0.25, -0.2) is 9.97 Å². The van der Waals surface area contributed by atoms with Gasteiger partial charge in [-0.05, 0) is 18.6 Å². The Hall–Kier alpha value is -1.94. The van der Waals surface area contributed by atoms with Crippen LogP contribution in [0, 0.1) is 6.92 Å². The van der Waals surface area contributed by atoms with Gasteiger partial charge in [-0.1, -0.05) is 29.8 Å². The smallest absolute Gasteiger partial charge is 0.144 e. The van der Waals surface area contributed by atoms with Gasteiger partial charge in [-0.15, -0.1) is 0 Å². The van der Waals surface area contributed by atoms with E-state index in [4.69, 9.17) is 5.73 Å². The zero-order valence-corrected chi connectivity index (χ0v) is 10.8. The number of aryl methyl sites for hydroxylation is 1. The summed E-state index contributed by atoms with van der Waals surface area (Å²) in [7, 11) is 2.02. The largest absolute Gasteiger partial charge is 0.355 e. The average Bonchev–Trinajstić information content (AvgIpc) is 2.41. The lowest BCUT2D eigenvalue weighted by atomic mass is 10.1. The standard InChI is InChI=1S/C14H18N4/c1-11-3-5-12(6-4-11)10-18(2)14-7-8-16-13(9-15)17-14/h3-8H,9-10,15H2,1-2H3. The van der Waals surface area contributed by atoms with Gasteiger partial charge < -0.3 is 10.6 Å². The van der Waals surface area contributed by atoms with Gasteiger partial charge in [0.25, 0.3) is 0 Å². The van der Waals surface area contributed by atoms with Crippen molar-refractivity contribution in [1.29, 1.82) is 0 Å². The van der Waals surface area contributed by atoms with Crippen LogP contribution in [0.15, 0.2) is 36.5 Å². The molecule has 0 atom stereocenters. The first-order valence-electron chi connectivity index (χ1n) is 5.97. The van der Waals surface area contributed by atoms with Gasteiger partial charge in [0.2, 0.25) is 0 Å². The van der Waals surface area contributed by atoms with Gasteiger partial charge >= 0.3 is 0 Å². The monoisotopic (exact) mass is 242 g/mol. The van der Waals surface area contributed by atoms with Gasteiger partial charge in [0, 0.05) is 19.8 Å². The number of nitrogens with two attached hydrogens (primary N) is 1. The lowest BCUT2D eigenvalue weighted by Gasteiger charge is -2.18. The number of hydrogen-bond acceptors (Lipinski definition) is 4. The van der Waals surface area contributed by atoms with Crippen molar-refractivity contribution < 1.29 is 0 Å². The predicted molar refractivity (Wildman–Crippen MR) is 73.2 cm³/mol. The lowest BCUT2D eigenvalue weighted by Crippen LogP contribution is -2.19. The SMILES string of the molecule is Cc1ccc(CN(C)c2ccnc(CN)n2)cc1. The molecular formula is C14H18N4. The van der Waals surface area contributed by atoms with E-state index in [1.54, 1.807) is 6.20 Å². The number of rotatable bonds is 4. The van der Waals surface area contributed by atoms with E-state index in [1.807, 2.05) is 13.1 Å². The molecule has 2 rings (SSSR count). The topological polar surface area (TPSA) is 55.0 Å². The second kappa shape index (κ2) is 5.60. The van der Waals surface area contributed by atoms with Crippen LogP contribution in [0.1, 0.15) is 17.0 Å². The van der Waals surface area contributed by atoms with Crippen LogP contribution in [0.3, 0.4) is 0 Å². The molecule has 4 heteroatoms. The van der Waals surface area contributed by atoms with Crippen molar-refractivity contribution >= 4 is 5.82 Å². The first kappa shape index (κ1) is 12.5. The van der Waals surface area contributed by atoms with Crippen LogP contribution in [0.4, 0.5) is 5.82 Å². The summed E-state index contributed by atoms with van der Waals surface area (Å²) in [5, 5.41) is 0. The van der Waals surface area contributed by atoms with Crippen molar-refractivity contribution in [3.63, 3.8) is 0 Å². The highest BCUT2D eigenvalue weighted by Crippen LogP contribution is 2.12. The molecule has 18 heavy (non-hydrogen) atoms. The van der Waals surface area contributed by atoms with Crippen molar-refractivity contribution in [2.45, 2.75) is 20.0 Å². The fourth-order valence-corrected chi connectivity index (χ4v) is 1.75. The molecule has 0 radical (unpaired) electrons. The van der Waals surface area contributed by atoms with Crippen LogP contribution in [0.2, 0.25) is 0 Å². The van der Waals surface area contributed by atoms with Crippen molar-refractivity contribution in [1.82, 2.24) is 9.97 Å². The molecule has 0 aliphatic carbocycles. The number of nitrogens with zero attached hydrogens (tertiary/aromatic N) is 3. The molecule has 4 nitrogen and oxygen atoms in total. The van der Waals surface area contributed by atoms with Gasteiger partial charge in [-0.2, -0.15) is 0 Å². The Kier molecular flexibility index (Phi) is 3.89. The van der Waals surface area contributed by atoms with Crippen LogP contribution in [0.25, 0.3) is 0 Å². The highest BCUT2D eigenvalue weighted by Gasteiger charge is 2.04. The van der Waals surface area contributed by atoms with Gasteiger partial charge in [0.1, 0.15) is 11.6 Å². The maximum Gasteiger partial charge on any atom is 0.144 e. The Morgan fingerprint density at radius 1 is 1.17 bits per heavy atom. The van der Waals surface area contributed by atoms with Gasteiger partial charge in [0.15, 0.2) is 0 Å². The molecule has 0 amide bonds. The summed E-state index contributed by atoms with van der Waals surface area (Å²) in [4.78, 5) is 10.6. The Morgan fingerprint density at radius 2 is 1.89 bits per heavy atom. The molecule has 0 bridgehead atoms. The third-order valence-corrected chi connectivity index (χ3v) is 2.80. The fourth-order valence-electron chi connectivity index (χ4n) is 1.75. The molecule has 1 aromatic carbocycles. The molecule has 0 spiro atoms. The predicted octanol–water partition coefficient (Wildman–Crippen LogP) is 1.88. The molecule has 0 aliphatic rings. The number of hydrogen-bond donors (Lipinski definition) is 1. The van der Waals surface area contributed by atoms with E-state index in [0.717, 1.165) is 12.4 Å². The van der Waals surface area contributed by atoms with Crippen LogP contribution >= 0.6 is 0 Å². The molecule has 0 saturated heterocycles. The van der Waals surface area contributed by atoms with Gasteiger partial charge in [-0.3, -0.25) is 0 Å². The van der Waals surface area contributed by atoms with E-state index in [9.17, 15) is 0 Å². The normalized spacial score (nSPS) is 10.4. The highest BCUT2D eigenvalue weighted by atomic mass is 15.2. The first-order valence-corrected chi connectivity index (χ1v) is 5.97. The summed E-state index contributed by atoms with van der Waals surface area (Å²) >= 11 is 0. The third-order valence-electron chi connectivity index (χ3n) is 2.80. The molecular weight excluding hydrogens is 224 g/mol. The molecule has 2 aromatic rings. The van der Waals surface area contributed by atoms with Crippen molar-refractivity contribution in [2.24, 2.45) is 5.73 Å². The molecule has 0 fully saturated rings.